The highest BCUT2D eigenvalue weighted by atomic mass is 16.3. The number of hydrogen-bond donors (Lipinski definition) is 3. The van der Waals surface area contributed by atoms with Gasteiger partial charge in [-0.3, -0.25) is 0 Å². The Labute approximate surface area is 184 Å². The Morgan fingerprint density at radius 2 is 1.70 bits per heavy atom. The third kappa shape index (κ3) is 5.29. The molecule has 0 aliphatic heterocycles. The first kappa shape index (κ1) is 23.8. The third-order valence-corrected chi connectivity index (χ3v) is 8.56. The lowest BCUT2D eigenvalue weighted by molar-refractivity contribution is 0.0436. The molecular formula is C27H44O3. The van der Waals surface area contributed by atoms with Crippen LogP contribution < -0.4 is 0 Å². The monoisotopic (exact) mass is 416 g/mol. The first-order chi connectivity index (χ1) is 14.0. The summed E-state index contributed by atoms with van der Waals surface area (Å²) >= 11 is 0. The van der Waals surface area contributed by atoms with Crippen molar-refractivity contribution in [3.05, 3.63) is 35.5 Å². The molecule has 170 valence electrons. The molecule has 0 bridgehead atoms. The van der Waals surface area contributed by atoms with Crippen molar-refractivity contribution in [2.75, 3.05) is 0 Å². The summed E-state index contributed by atoms with van der Waals surface area (Å²) in [4.78, 5) is 0. The maximum atomic E-state index is 10.2. The normalized spacial score (nSPS) is 40.1. The van der Waals surface area contributed by atoms with Crippen LogP contribution in [-0.4, -0.2) is 33.1 Å². The van der Waals surface area contributed by atoms with Crippen molar-refractivity contribution < 1.29 is 15.3 Å². The number of rotatable bonds is 5. The second-order valence-electron chi connectivity index (χ2n) is 11.3. The van der Waals surface area contributed by atoms with Gasteiger partial charge in [-0.1, -0.05) is 56.2 Å². The van der Waals surface area contributed by atoms with Crippen LogP contribution in [0.1, 0.15) is 86.0 Å². The Morgan fingerprint density at radius 3 is 2.33 bits per heavy atom. The number of fused-ring (bicyclic) bond motifs is 1. The molecule has 4 unspecified atom stereocenters. The Morgan fingerprint density at radius 1 is 1.03 bits per heavy atom. The van der Waals surface area contributed by atoms with Crippen LogP contribution in [0.3, 0.4) is 0 Å². The zero-order valence-electron chi connectivity index (χ0n) is 19.8. The van der Waals surface area contributed by atoms with E-state index in [0.29, 0.717) is 42.4 Å². The lowest BCUT2D eigenvalue weighted by Crippen LogP contribution is -2.35. The van der Waals surface area contributed by atoms with Crippen LogP contribution in [0, 0.1) is 29.1 Å². The van der Waals surface area contributed by atoms with Crippen LogP contribution in [0.15, 0.2) is 35.5 Å². The van der Waals surface area contributed by atoms with Gasteiger partial charge in [-0.15, -0.1) is 0 Å². The summed E-state index contributed by atoms with van der Waals surface area (Å²) in [7, 11) is 0. The molecule has 3 heteroatoms. The summed E-state index contributed by atoms with van der Waals surface area (Å²) in [5.74, 6) is 2.00. The van der Waals surface area contributed by atoms with E-state index in [2.05, 4.69) is 45.1 Å². The molecular weight excluding hydrogens is 372 g/mol. The molecule has 0 aromatic carbocycles. The highest BCUT2D eigenvalue weighted by molar-refractivity contribution is 5.26. The molecule has 0 heterocycles. The van der Waals surface area contributed by atoms with Gasteiger partial charge in [-0.2, -0.15) is 0 Å². The Kier molecular flexibility index (Phi) is 7.37. The average Bonchev–Trinajstić information content (AvgIpc) is 3.00. The highest BCUT2D eigenvalue weighted by Crippen LogP contribution is 2.59. The van der Waals surface area contributed by atoms with Crippen molar-refractivity contribution in [1.82, 2.24) is 0 Å². The van der Waals surface area contributed by atoms with Crippen LogP contribution in [0.4, 0.5) is 0 Å². The first-order valence-electron chi connectivity index (χ1n) is 12.2. The number of hydrogen-bond acceptors (Lipinski definition) is 3. The Bertz CT molecular complexity index is 671. The standard InChI is InChI=1S/C27H44O3/c1-18(8-9-19(2)26(3,4)30)24-12-13-25-21(7-6-14-27(24,25)5)11-10-20-15-22(28)17-23(29)16-20/h8-11,18-19,22-25,28-30H,6-7,12-17H2,1-5H3/b9-8+,20-10?,21-11+/t18-,19+,22-,23?,24?,25?,27?/m0/s1. The van der Waals surface area contributed by atoms with Crippen LogP contribution in [0.5, 0.6) is 0 Å². The van der Waals surface area contributed by atoms with Crippen molar-refractivity contribution in [2.24, 2.45) is 29.1 Å². The van der Waals surface area contributed by atoms with Crippen LogP contribution in [-0.2, 0) is 0 Å². The lowest BCUT2D eigenvalue weighted by atomic mass is 9.61. The van der Waals surface area contributed by atoms with Crippen molar-refractivity contribution in [3.8, 4) is 0 Å². The Balaban J connectivity index is 1.73. The fourth-order valence-electron chi connectivity index (χ4n) is 6.39. The molecule has 0 aromatic heterocycles. The van der Waals surface area contributed by atoms with E-state index in [1.165, 1.54) is 37.7 Å². The highest BCUT2D eigenvalue weighted by Gasteiger charge is 2.50. The molecule has 0 aromatic rings. The average molecular weight is 417 g/mol. The zero-order valence-corrected chi connectivity index (χ0v) is 19.8. The molecule has 0 spiro atoms. The van der Waals surface area contributed by atoms with Gasteiger partial charge in [-0.25, -0.2) is 0 Å². The van der Waals surface area contributed by atoms with Crippen molar-refractivity contribution >= 4 is 0 Å². The molecule has 3 aliphatic carbocycles. The van der Waals surface area contributed by atoms with Gasteiger partial charge < -0.3 is 15.3 Å². The number of aliphatic hydroxyl groups excluding tert-OH is 2. The second kappa shape index (κ2) is 9.30. The number of aliphatic hydroxyl groups is 3. The molecule has 0 amide bonds. The quantitative estimate of drug-likeness (QED) is 0.514. The smallest absolute Gasteiger partial charge is 0.0651 e. The predicted molar refractivity (Wildman–Crippen MR) is 124 cm³/mol. The van der Waals surface area contributed by atoms with E-state index in [1.54, 1.807) is 5.57 Å². The fraction of sp³-hybridized carbons (Fsp3) is 0.778. The molecule has 30 heavy (non-hydrogen) atoms. The Hall–Kier alpha value is -0.900. The van der Waals surface area contributed by atoms with Gasteiger partial charge in [0.15, 0.2) is 0 Å². The molecule has 3 saturated carbocycles. The van der Waals surface area contributed by atoms with Crippen molar-refractivity contribution in [1.29, 1.82) is 0 Å². The molecule has 0 radical (unpaired) electrons. The lowest BCUT2D eigenvalue weighted by Gasteiger charge is -2.44. The summed E-state index contributed by atoms with van der Waals surface area (Å²) in [6.07, 6.45) is 16.5. The summed E-state index contributed by atoms with van der Waals surface area (Å²) in [5.41, 5.74) is 2.43. The van der Waals surface area contributed by atoms with Gasteiger partial charge in [0.2, 0.25) is 0 Å². The minimum Gasteiger partial charge on any atom is -0.393 e. The van der Waals surface area contributed by atoms with Gasteiger partial charge in [-0.05, 0) is 88.4 Å². The van der Waals surface area contributed by atoms with Gasteiger partial charge >= 0.3 is 0 Å². The fourth-order valence-corrected chi connectivity index (χ4v) is 6.39. The van der Waals surface area contributed by atoms with E-state index >= 15 is 0 Å². The van der Waals surface area contributed by atoms with Crippen molar-refractivity contribution in [3.63, 3.8) is 0 Å². The maximum absolute atomic E-state index is 10.2. The minimum absolute atomic E-state index is 0.152. The topological polar surface area (TPSA) is 60.7 Å². The van der Waals surface area contributed by atoms with Gasteiger partial charge in [0, 0.05) is 5.92 Å². The molecule has 3 N–H and O–H groups in total. The second-order valence-corrected chi connectivity index (χ2v) is 11.3. The van der Waals surface area contributed by atoms with Gasteiger partial charge in [0.1, 0.15) is 0 Å². The summed E-state index contributed by atoms with van der Waals surface area (Å²) in [6, 6.07) is 0. The van der Waals surface area contributed by atoms with Gasteiger partial charge in [0.05, 0.1) is 17.8 Å². The SMILES string of the molecule is C[C@H](/C=C/[C@H](C)C1CCC2/C(=C/C=C3CC(O)C[C@@H](O)C3)CCCC21C)C(C)(C)O. The van der Waals surface area contributed by atoms with E-state index < -0.39 is 17.8 Å². The summed E-state index contributed by atoms with van der Waals surface area (Å²) in [6.45, 7) is 10.7. The van der Waals surface area contributed by atoms with Crippen LogP contribution in [0.25, 0.3) is 0 Å². The molecule has 3 nitrogen and oxygen atoms in total. The van der Waals surface area contributed by atoms with Crippen molar-refractivity contribution in [2.45, 2.75) is 104 Å². The minimum atomic E-state index is -0.674. The number of allylic oxidation sites excluding steroid dienone is 4. The van der Waals surface area contributed by atoms with Gasteiger partial charge in [0.25, 0.3) is 0 Å². The largest absolute Gasteiger partial charge is 0.393 e. The molecule has 0 saturated heterocycles. The van der Waals surface area contributed by atoms with E-state index in [-0.39, 0.29) is 5.92 Å². The maximum Gasteiger partial charge on any atom is 0.0651 e. The zero-order chi connectivity index (χ0) is 22.1. The molecule has 3 aliphatic rings. The molecule has 3 rings (SSSR count). The summed E-state index contributed by atoms with van der Waals surface area (Å²) < 4.78 is 0. The molecule has 3 fully saturated rings. The van der Waals surface area contributed by atoms with E-state index in [1.807, 2.05) is 13.8 Å². The first-order valence-corrected chi connectivity index (χ1v) is 12.2. The van der Waals surface area contributed by atoms with E-state index in [9.17, 15) is 15.3 Å². The molecule has 7 atom stereocenters. The predicted octanol–water partition coefficient (Wildman–Crippen LogP) is 5.56. The van der Waals surface area contributed by atoms with E-state index in [4.69, 9.17) is 0 Å². The van der Waals surface area contributed by atoms with Crippen LogP contribution >= 0.6 is 0 Å². The summed E-state index contributed by atoms with van der Waals surface area (Å²) in [5, 5.41) is 30.2. The third-order valence-electron chi connectivity index (χ3n) is 8.56. The van der Waals surface area contributed by atoms with E-state index in [0.717, 1.165) is 0 Å². The van der Waals surface area contributed by atoms with Crippen LogP contribution in [0.2, 0.25) is 0 Å².